The first-order valence-electron chi connectivity index (χ1n) is 10.0. The van der Waals surface area contributed by atoms with Gasteiger partial charge in [-0.25, -0.2) is 4.39 Å². The average molecular weight is 393 g/mol. The zero-order chi connectivity index (χ0) is 20.6. The van der Waals surface area contributed by atoms with Crippen LogP contribution in [0, 0.1) is 12.7 Å². The van der Waals surface area contributed by atoms with Crippen LogP contribution in [0.25, 0.3) is 10.9 Å². The Hall–Kier alpha value is -2.95. The molecule has 150 valence electrons. The van der Waals surface area contributed by atoms with Gasteiger partial charge in [-0.15, -0.1) is 0 Å². The second-order valence-corrected chi connectivity index (χ2v) is 7.88. The third-order valence-electron chi connectivity index (χ3n) is 6.02. The molecule has 3 aromatic rings. The third-order valence-corrected chi connectivity index (χ3v) is 6.02. The maximum Gasteiger partial charge on any atom is 0.317 e. The SMILES string of the molecule is Cc1[nH]c2ccccc2c1C(=O)C(C)OC(=O)C1(c2cccc(F)c2)CCCC1. The lowest BCUT2D eigenvalue weighted by Gasteiger charge is -2.28. The van der Waals surface area contributed by atoms with Crippen LogP contribution >= 0.6 is 0 Å². The van der Waals surface area contributed by atoms with E-state index in [4.69, 9.17) is 4.74 Å². The first kappa shape index (κ1) is 19.4. The number of para-hydroxylation sites is 1. The second-order valence-electron chi connectivity index (χ2n) is 7.88. The molecule has 0 radical (unpaired) electrons. The Bertz CT molecular complexity index is 1080. The molecule has 4 rings (SSSR count). The number of aryl methyl sites for hydroxylation is 1. The Morgan fingerprint density at radius 1 is 1.10 bits per heavy atom. The van der Waals surface area contributed by atoms with Gasteiger partial charge in [0.05, 0.1) is 5.41 Å². The predicted octanol–water partition coefficient (Wildman–Crippen LogP) is 5.24. The second kappa shape index (κ2) is 7.47. The molecule has 1 unspecified atom stereocenters. The van der Waals surface area contributed by atoms with Gasteiger partial charge in [0.25, 0.3) is 0 Å². The van der Waals surface area contributed by atoms with Crippen LogP contribution in [0.4, 0.5) is 4.39 Å². The van der Waals surface area contributed by atoms with Crippen LogP contribution in [0.15, 0.2) is 48.5 Å². The molecule has 5 heteroatoms. The molecule has 1 aliphatic carbocycles. The van der Waals surface area contributed by atoms with E-state index < -0.39 is 17.5 Å². The number of H-pyrrole nitrogens is 1. The van der Waals surface area contributed by atoms with E-state index in [1.54, 1.807) is 19.1 Å². The number of carbonyl (C=O) groups excluding carboxylic acids is 2. The van der Waals surface area contributed by atoms with Crippen LogP contribution in [0.2, 0.25) is 0 Å². The van der Waals surface area contributed by atoms with Crippen molar-refractivity contribution < 1.29 is 18.7 Å². The highest BCUT2D eigenvalue weighted by atomic mass is 19.1. The number of Topliss-reactive ketones (excluding diaryl/α,β-unsaturated/α-hetero) is 1. The van der Waals surface area contributed by atoms with Gasteiger partial charge in [-0.2, -0.15) is 0 Å². The summed E-state index contributed by atoms with van der Waals surface area (Å²) in [5, 5.41) is 0.818. The van der Waals surface area contributed by atoms with Crippen LogP contribution in [-0.4, -0.2) is 22.8 Å². The van der Waals surface area contributed by atoms with Crippen molar-refractivity contribution in [1.29, 1.82) is 0 Å². The monoisotopic (exact) mass is 393 g/mol. The summed E-state index contributed by atoms with van der Waals surface area (Å²) in [6.07, 6.45) is 2.02. The van der Waals surface area contributed by atoms with Gasteiger partial charge in [0.2, 0.25) is 5.78 Å². The normalized spacial score (nSPS) is 16.7. The van der Waals surface area contributed by atoms with Crippen molar-refractivity contribution in [2.45, 2.75) is 51.0 Å². The lowest BCUT2D eigenvalue weighted by atomic mass is 9.79. The zero-order valence-corrected chi connectivity index (χ0v) is 16.6. The molecule has 4 nitrogen and oxygen atoms in total. The van der Waals surface area contributed by atoms with Gasteiger partial charge in [0, 0.05) is 22.2 Å². The Morgan fingerprint density at radius 2 is 1.83 bits per heavy atom. The number of nitrogens with one attached hydrogen (secondary N) is 1. The van der Waals surface area contributed by atoms with E-state index in [1.807, 2.05) is 31.2 Å². The van der Waals surface area contributed by atoms with Gasteiger partial charge in [0.15, 0.2) is 6.10 Å². The fourth-order valence-corrected chi connectivity index (χ4v) is 4.50. The molecule has 0 bridgehead atoms. The van der Waals surface area contributed by atoms with Crippen LogP contribution in [0.1, 0.15) is 54.2 Å². The third kappa shape index (κ3) is 3.35. The smallest absolute Gasteiger partial charge is 0.317 e. The summed E-state index contributed by atoms with van der Waals surface area (Å²) in [4.78, 5) is 29.5. The highest BCUT2D eigenvalue weighted by Crippen LogP contribution is 2.42. The highest BCUT2D eigenvalue weighted by Gasteiger charge is 2.45. The molecule has 0 aliphatic heterocycles. The number of carbonyl (C=O) groups is 2. The minimum atomic E-state index is -0.925. The molecular weight excluding hydrogens is 369 g/mol. The van der Waals surface area contributed by atoms with E-state index >= 15 is 0 Å². The van der Waals surface area contributed by atoms with Gasteiger partial charge in [-0.1, -0.05) is 43.2 Å². The number of aromatic nitrogens is 1. The first-order valence-corrected chi connectivity index (χ1v) is 10.0. The van der Waals surface area contributed by atoms with E-state index in [0.29, 0.717) is 24.0 Å². The maximum absolute atomic E-state index is 13.8. The van der Waals surface area contributed by atoms with Crippen molar-refractivity contribution in [1.82, 2.24) is 4.98 Å². The minimum absolute atomic E-state index is 0.235. The number of hydrogen-bond acceptors (Lipinski definition) is 3. The van der Waals surface area contributed by atoms with E-state index in [0.717, 1.165) is 29.4 Å². The first-order chi connectivity index (χ1) is 13.9. The van der Waals surface area contributed by atoms with Gasteiger partial charge in [-0.3, -0.25) is 9.59 Å². The van der Waals surface area contributed by atoms with Crippen molar-refractivity contribution >= 4 is 22.7 Å². The van der Waals surface area contributed by atoms with E-state index in [1.165, 1.54) is 12.1 Å². The largest absolute Gasteiger partial charge is 0.454 e. The van der Waals surface area contributed by atoms with Crippen molar-refractivity contribution in [3.8, 4) is 0 Å². The molecule has 1 saturated carbocycles. The topological polar surface area (TPSA) is 59.2 Å². The molecule has 1 atom stereocenters. The average Bonchev–Trinajstić information content (AvgIpc) is 3.32. The molecule has 1 heterocycles. The molecule has 1 N–H and O–H groups in total. The molecule has 0 amide bonds. The molecular formula is C24H24FNO3. The summed E-state index contributed by atoms with van der Waals surface area (Å²) >= 11 is 0. The summed E-state index contributed by atoms with van der Waals surface area (Å²) in [6.45, 7) is 3.45. The standard InChI is InChI=1S/C24H24FNO3/c1-15-21(19-10-3-4-11-20(19)26-15)22(27)16(2)29-23(28)24(12-5-6-13-24)17-8-7-9-18(25)14-17/h3-4,7-11,14,16,26H,5-6,12-13H2,1-2H3. The maximum atomic E-state index is 13.8. The number of ketones is 1. The minimum Gasteiger partial charge on any atom is -0.454 e. The Morgan fingerprint density at radius 3 is 2.55 bits per heavy atom. The molecule has 0 saturated heterocycles. The fourth-order valence-electron chi connectivity index (χ4n) is 4.50. The lowest BCUT2D eigenvalue weighted by molar-refractivity contribution is -0.153. The van der Waals surface area contributed by atoms with Gasteiger partial charge in [0.1, 0.15) is 5.82 Å². The number of esters is 1. The number of rotatable bonds is 5. The van der Waals surface area contributed by atoms with Crippen LogP contribution in [0.3, 0.4) is 0 Å². The van der Waals surface area contributed by atoms with E-state index in [2.05, 4.69) is 4.98 Å². The fraction of sp³-hybridized carbons (Fsp3) is 0.333. The Labute approximate surface area is 169 Å². The number of hydrogen-bond donors (Lipinski definition) is 1. The quantitative estimate of drug-likeness (QED) is 0.476. The van der Waals surface area contributed by atoms with Crippen LogP contribution in [-0.2, 0) is 14.9 Å². The van der Waals surface area contributed by atoms with Gasteiger partial charge < -0.3 is 9.72 Å². The number of fused-ring (bicyclic) bond motifs is 1. The zero-order valence-electron chi connectivity index (χ0n) is 16.6. The molecule has 29 heavy (non-hydrogen) atoms. The number of halogens is 1. The van der Waals surface area contributed by atoms with E-state index in [-0.39, 0.29) is 11.6 Å². The summed E-state index contributed by atoms with van der Waals surface area (Å²) in [7, 11) is 0. The Balaban J connectivity index is 1.61. The van der Waals surface area contributed by atoms with E-state index in [9.17, 15) is 14.0 Å². The molecule has 1 fully saturated rings. The summed E-state index contributed by atoms with van der Waals surface area (Å²) < 4.78 is 19.5. The van der Waals surface area contributed by atoms with Gasteiger partial charge >= 0.3 is 5.97 Å². The van der Waals surface area contributed by atoms with Gasteiger partial charge in [-0.05, 0) is 50.5 Å². The Kier molecular flexibility index (Phi) is 4.99. The number of aromatic amines is 1. The van der Waals surface area contributed by atoms with Crippen LogP contribution < -0.4 is 0 Å². The molecule has 1 aliphatic rings. The lowest BCUT2D eigenvalue weighted by Crippen LogP contribution is -2.38. The van der Waals surface area contributed by atoms with Crippen molar-refractivity contribution in [3.63, 3.8) is 0 Å². The summed E-state index contributed by atoms with van der Waals surface area (Å²) in [5.74, 6) is -1.06. The van der Waals surface area contributed by atoms with Crippen molar-refractivity contribution in [2.75, 3.05) is 0 Å². The van der Waals surface area contributed by atoms with Crippen molar-refractivity contribution in [3.05, 3.63) is 71.2 Å². The number of benzene rings is 2. The molecule has 0 spiro atoms. The molecule has 1 aromatic heterocycles. The highest BCUT2D eigenvalue weighted by molar-refractivity contribution is 6.11. The van der Waals surface area contributed by atoms with Crippen LogP contribution in [0.5, 0.6) is 0 Å². The summed E-state index contributed by atoms with van der Waals surface area (Å²) in [6, 6.07) is 13.7. The predicted molar refractivity (Wildman–Crippen MR) is 109 cm³/mol. The number of ether oxygens (including phenoxy) is 1. The molecule has 2 aromatic carbocycles. The summed E-state index contributed by atoms with van der Waals surface area (Å²) in [5.41, 5.74) is 1.92. The van der Waals surface area contributed by atoms with Crippen molar-refractivity contribution in [2.24, 2.45) is 0 Å².